The number of hydrogen-bond acceptors (Lipinski definition) is 6. The standard InChI is InChI=1S/C21H20F2N8O/c1-29-11-15(9-26-29)27-19-25-6-2-17(28-19)14-3-7-31(10-14)20(4-5-24)12-30(13-20)18(32)16-8-21(16,22)23/h2-3,6-7,9-11,16H,4,8,12-13H2,1H3,(H,25,27,28)/t16-/m0/s1. The number of aromatic nitrogens is 5. The molecule has 0 unspecified atom stereocenters. The number of alkyl halides is 2. The summed E-state index contributed by atoms with van der Waals surface area (Å²) >= 11 is 0. The van der Waals surface area contributed by atoms with Crippen LogP contribution in [0.4, 0.5) is 20.4 Å². The van der Waals surface area contributed by atoms with Crippen molar-refractivity contribution in [3.8, 4) is 17.3 Å². The number of anilines is 2. The quantitative estimate of drug-likeness (QED) is 0.634. The molecule has 4 heterocycles. The molecule has 1 saturated carbocycles. The van der Waals surface area contributed by atoms with E-state index in [1.54, 1.807) is 29.3 Å². The first kappa shape index (κ1) is 20.1. The first-order valence-electron chi connectivity index (χ1n) is 10.1. The van der Waals surface area contributed by atoms with Crippen molar-refractivity contribution < 1.29 is 13.6 Å². The van der Waals surface area contributed by atoms with E-state index in [0.29, 0.717) is 11.6 Å². The number of nitriles is 1. The maximum absolute atomic E-state index is 13.3. The molecule has 5 rings (SSSR count). The molecule has 1 N–H and O–H groups in total. The maximum Gasteiger partial charge on any atom is 0.260 e. The van der Waals surface area contributed by atoms with E-state index in [4.69, 9.17) is 0 Å². The fourth-order valence-corrected chi connectivity index (χ4v) is 4.07. The van der Waals surface area contributed by atoms with E-state index in [2.05, 4.69) is 26.5 Å². The minimum absolute atomic E-state index is 0.170. The Labute approximate surface area is 182 Å². The molecule has 1 atom stereocenters. The molecule has 1 aliphatic carbocycles. The summed E-state index contributed by atoms with van der Waals surface area (Å²) in [7, 11) is 1.81. The molecule has 9 nitrogen and oxygen atoms in total. The monoisotopic (exact) mass is 438 g/mol. The summed E-state index contributed by atoms with van der Waals surface area (Å²) in [6.07, 6.45) is 8.59. The zero-order valence-electron chi connectivity index (χ0n) is 17.2. The van der Waals surface area contributed by atoms with Gasteiger partial charge in [0.15, 0.2) is 0 Å². The van der Waals surface area contributed by atoms with Crippen molar-refractivity contribution in [3.63, 3.8) is 0 Å². The Bertz CT molecular complexity index is 1220. The Hall–Kier alpha value is -3.81. The Morgan fingerprint density at radius 2 is 2.12 bits per heavy atom. The second-order valence-electron chi connectivity index (χ2n) is 8.37. The number of carbonyl (C=O) groups excluding carboxylic acids is 1. The molecule has 0 aromatic carbocycles. The Morgan fingerprint density at radius 1 is 1.34 bits per heavy atom. The molecule has 1 saturated heterocycles. The van der Waals surface area contributed by atoms with Crippen LogP contribution in [-0.4, -0.2) is 54.1 Å². The Balaban J connectivity index is 1.33. The lowest BCUT2D eigenvalue weighted by Gasteiger charge is -2.50. The minimum atomic E-state index is -2.89. The summed E-state index contributed by atoms with van der Waals surface area (Å²) in [6.45, 7) is 0.468. The van der Waals surface area contributed by atoms with E-state index >= 15 is 0 Å². The molecule has 1 aliphatic heterocycles. The van der Waals surface area contributed by atoms with Crippen molar-refractivity contribution in [3.05, 3.63) is 43.1 Å². The molecule has 3 aromatic heterocycles. The number of nitrogens with zero attached hydrogens (tertiary/aromatic N) is 7. The zero-order valence-corrected chi connectivity index (χ0v) is 17.2. The molecular formula is C21H20F2N8O. The lowest BCUT2D eigenvalue weighted by Crippen LogP contribution is -2.64. The van der Waals surface area contributed by atoms with E-state index in [0.717, 1.165) is 11.3 Å². The van der Waals surface area contributed by atoms with Gasteiger partial charge in [-0.15, -0.1) is 0 Å². The SMILES string of the molecule is Cn1cc(Nc2nccc(-c3ccn(C4(CC#N)CN(C(=O)[C@@H]5CC5(F)F)C4)c3)n2)cn1. The van der Waals surface area contributed by atoms with Gasteiger partial charge in [-0.3, -0.25) is 9.48 Å². The third-order valence-electron chi connectivity index (χ3n) is 5.97. The van der Waals surface area contributed by atoms with Gasteiger partial charge in [0.25, 0.3) is 5.92 Å². The molecule has 11 heteroatoms. The number of aryl methyl sites for hydroxylation is 1. The summed E-state index contributed by atoms with van der Waals surface area (Å²) in [5, 5.41) is 16.5. The van der Waals surface area contributed by atoms with Gasteiger partial charge in [0.05, 0.1) is 35.6 Å². The number of nitrogens with one attached hydrogen (secondary N) is 1. The van der Waals surface area contributed by atoms with Gasteiger partial charge >= 0.3 is 0 Å². The van der Waals surface area contributed by atoms with E-state index in [1.807, 2.05) is 30.1 Å². The smallest absolute Gasteiger partial charge is 0.260 e. The molecule has 0 spiro atoms. The first-order chi connectivity index (χ1) is 15.3. The molecule has 32 heavy (non-hydrogen) atoms. The topological polar surface area (TPSA) is 105 Å². The highest BCUT2D eigenvalue weighted by Crippen LogP contribution is 2.51. The largest absolute Gasteiger partial charge is 0.343 e. The second-order valence-corrected chi connectivity index (χ2v) is 8.37. The summed E-state index contributed by atoms with van der Waals surface area (Å²) in [4.78, 5) is 22.5. The second kappa shape index (κ2) is 7.12. The van der Waals surface area contributed by atoms with Crippen molar-refractivity contribution >= 4 is 17.5 Å². The number of amides is 1. The molecule has 0 radical (unpaired) electrons. The van der Waals surface area contributed by atoms with Gasteiger partial charge in [0.1, 0.15) is 5.92 Å². The number of rotatable bonds is 6. The number of hydrogen-bond donors (Lipinski definition) is 1. The van der Waals surface area contributed by atoms with Gasteiger partial charge in [-0.25, -0.2) is 18.7 Å². The highest BCUT2D eigenvalue weighted by molar-refractivity contribution is 5.84. The normalized spacial score (nSPS) is 20.3. The molecule has 2 fully saturated rings. The number of halogens is 2. The van der Waals surface area contributed by atoms with E-state index in [1.165, 1.54) is 4.90 Å². The van der Waals surface area contributed by atoms with Crippen molar-refractivity contribution in [1.29, 1.82) is 5.26 Å². The third-order valence-corrected chi connectivity index (χ3v) is 5.97. The van der Waals surface area contributed by atoms with Crippen molar-refractivity contribution in [1.82, 2.24) is 29.2 Å². The predicted molar refractivity (Wildman–Crippen MR) is 110 cm³/mol. The summed E-state index contributed by atoms with van der Waals surface area (Å²) in [5.74, 6) is -4.21. The van der Waals surface area contributed by atoms with Gasteiger partial charge in [0, 0.05) is 56.9 Å². The van der Waals surface area contributed by atoms with Gasteiger partial charge in [-0.1, -0.05) is 0 Å². The van der Waals surface area contributed by atoms with Gasteiger partial charge in [0.2, 0.25) is 11.9 Å². The molecule has 0 bridgehead atoms. The molecule has 3 aromatic rings. The molecule has 2 aliphatic rings. The summed E-state index contributed by atoms with van der Waals surface area (Å²) in [6, 6.07) is 5.81. The van der Waals surface area contributed by atoms with Crippen LogP contribution in [0.5, 0.6) is 0 Å². The lowest BCUT2D eigenvalue weighted by molar-refractivity contribution is -0.145. The van der Waals surface area contributed by atoms with Crippen molar-refractivity contribution in [2.45, 2.75) is 24.3 Å². The van der Waals surface area contributed by atoms with Crippen LogP contribution in [0.3, 0.4) is 0 Å². The maximum atomic E-state index is 13.3. The molecule has 1 amide bonds. The Kier molecular flexibility index (Phi) is 4.47. The van der Waals surface area contributed by atoms with E-state index < -0.39 is 23.3 Å². The van der Waals surface area contributed by atoms with E-state index in [-0.39, 0.29) is 25.9 Å². The zero-order chi connectivity index (χ0) is 22.5. The van der Waals surface area contributed by atoms with Crippen molar-refractivity contribution in [2.24, 2.45) is 13.0 Å². The Morgan fingerprint density at radius 3 is 2.78 bits per heavy atom. The van der Waals surface area contributed by atoms with Gasteiger partial charge < -0.3 is 14.8 Å². The van der Waals surface area contributed by atoms with Gasteiger partial charge in [-0.05, 0) is 12.1 Å². The van der Waals surface area contributed by atoms with Crippen LogP contribution in [0.1, 0.15) is 12.8 Å². The van der Waals surface area contributed by atoms with Crippen LogP contribution >= 0.6 is 0 Å². The van der Waals surface area contributed by atoms with E-state index in [9.17, 15) is 18.8 Å². The number of carbonyl (C=O) groups is 1. The fraction of sp³-hybridized carbons (Fsp3) is 0.381. The highest BCUT2D eigenvalue weighted by atomic mass is 19.3. The molecular weight excluding hydrogens is 418 g/mol. The highest BCUT2D eigenvalue weighted by Gasteiger charge is 2.64. The number of likely N-dealkylation sites (tertiary alicyclic amines) is 1. The summed E-state index contributed by atoms with van der Waals surface area (Å²) < 4.78 is 30.1. The van der Waals surface area contributed by atoms with Crippen LogP contribution in [0.25, 0.3) is 11.3 Å². The molecule has 164 valence electrons. The van der Waals surface area contributed by atoms with Crippen molar-refractivity contribution in [2.75, 3.05) is 18.4 Å². The minimum Gasteiger partial charge on any atom is -0.343 e. The van der Waals surface area contributed by atoms with Gasteiger partial charge in [-0.2, -0.15) is 10.4 Å². The van der Waals surface area contributed by atoms with Crippen LogP contribution in [-0.2, 0) is 17.4 Å². The average Bonchev–Trinajstić information content (AvgIpc) is 3.09. The average molecular weight is 438 g/mol. The fourth-order valence-electron chi connectivity index (χ4n) is 4.07. The van der Waals surface area contributed by atoms with Crippen LogP contribution < -0.4 is 5.32 Å². The third kappa shape index (κ3) is 3.47. The first-order valence-corrected chi connectivity index (χ1v) is 10.1. The summed E-state index contributed by atoms with van der Waals surface area (Å²) in [5.41, 5.74) is 1.63. The van der Waals surface area contributed by atoms with Crippen LogP contribution in [0.2, 0.25) is 0 Å². The lowest BCUT2D eigenvalue weighted by atomic mass is 9.86. The van der Waals surface area contributed by atoms with Crippen LogP contribution in [0, 0.1) is 17.2 Å². The predicted octanol–water partition coefficient (Wildman–Crippen LogP) is 2.53. The van der Waals surface area contributed by atoms with Crippen LogP contribution in [0.15, 0.2) is 43.1 Å².